The molecule has 34 heavy (non-hydrogen) atoms. The molecule has 1 aliphatic heterocycles. The molecule has 3 unspecified atom stereocenters. The maximum atomic E-state index is 12.8. The van der Waals surface area contributed by atoms with Crippen molar-refractivity contribution in [3.05, 3.63) is 105 Å². The number of ether oxygens (including phenoxy) is 3. The van der Waals surface area contributed by atoms with Crippen LogP contribution in [0.2, 0.25) is 0 Å². The van der Waals surface area contributed by atoms with Crippen molar-refractivity contribution >= 4 is 23.5 Å². The van der Waals surface area contributed by atoms with Crippen molar-refractivity contribution in [1.29, 1.82) is 0 Å². The minimum Gasteiger partial charge on any atom is -0.459 e. The van der Waals surface area contributed by atoms with Crippen molar-refractivity contribution in [2.24, 2.45) is 0 Å². The molecule has 4 atom stereocenters. The van der Waals surface area contributed by atoms with Crippen molar-refractivity contribution in [2.75, 3.05) is 6.61 Å². The zero-order chi connectivity index (χ0) is 24.3. The number of alkyl halides is 1. The Hall–Kier alpha value is -3.69. The fraction of sp³-hybridized carbons (Fsp3) is 0.250. The maximum Gasteiger partial charge on any atom is 0.338 e. The van der Waals surface area contributed by atoms with Crippen LogP contribution in [0.1, 0.15) is 33.9 Å². The van der Waals surface area contributed by atoms with E-state index in [-0.39, 0.29) is 6.61 Å². The lowest BCUT2D eigenvalue weighted by Crippen LogP contribution is -2.45. The van der Waals surface area contributed by atoms with E-state index in [0.717, 1.165) is 10.6 Å². The predicted octanol–water partition coefficient (Wildman–Crippen LogP) is 2.51. The second kappa shape index (κ2) is 9.66. The van der Waals surface area contributed by atoms with Crippen LogP contribution in [-0.4, -0.2) is 45.2 Å². The van der Waals surface area contributed by atoms with Crippen LogP contribution in [0.4, 0.5) is 0 Å². The van der Waals surface area contributed by atoms with Crippen LogP contribution in [0.25, 0.3) is 0 Å². The molecule has 1 N–H and O–H groups in total. The SMILES string of the molecule is CC1(Cl)C(n2ccc(=O)[nH]c2=O)OC(COC(=O)c2ccccc2)[C@@H]1OC(=O)c1ccccc1. The summed E-state index contributed by atoms with van der Waals surface area (Å²) in [6.07, 6.45) is -1.99. The van der Waals surface area contributed by atoms with Gasteiger partial charge >= 0.3 is 17.6 Å². The summed E-state index contributed by atoms with van der Waals surface area (Å²) in [7, 11) is 0. The average molecular weight is 485 g/mol. The van der Waals surface area contributed by atoms with Gasteiger partial charge in [-0.05, 0) is 31.2 Å². The number of hydrogen-bond donors (Lipinski definition) is 1. The second-order valence-corrected chi connectivity index (χ2v) is 8.67. The van der Waals surface area contributed by atoms with E-state index < -0.39 is 46.5 Å². The fourth-order valence-corrected chi connectivity index (χ4v) is 4.06. The number of halogens is 1. The molecule has 2 heterocycles. The summed E-state index contributed by atoms with van der Waals surface area (Å²) in [5, 5.41) is 0. The molecule has 2 aromatic carbocycles. The van der Waals surface area contributed by atoms with E-state index in [4.69, 9.17) is 25.8 Å². The van der Waals surface area contributed by atoms with Crippen molar-refractivity contribution in [3.63, 3.8) is 0 Å². The van der Waals surface area contributed by atoms with Gasteiger partial charge in [0.05, 0.1) is 11.1 Å². The Balaban J connectivity index is 1.62. The highest BCUT2D eigenvalue weighted by Crippen LogP contribution is 2.44. The normalized spacial score (nSPS) is 23.9. The van der Waals surface area contributed by atoms with Crippen LogP contribution in [0.15, 0.2) is 82.5 Å². The van der Waals surface area contributed by atoms with Gasteiger partial charge in [0.25, 0.3) is 5.56 Å². The van der Waals surface area contributed by atoms with Gasteiger partial charge in [-0.2, -0.15) is 0 Å². The fourth-order valence-electron chi connectivity index (χ4n) is 3.71. The largest absolute Gasteiger partial charge is 0.459 e. The summed E-state index contributed by atoms with van der Waals surface area (Å²) in [5.41, 5.74) is -0.713. The molecule has 0 radical (unpaired) electrons. The van der Waals surface area contributed by atoms with Crippen LogP contribution in [0, 0.1) is 0 Å². The summed E-state index contributed by atoms with van der Waals surface area (Å²) in [5.74, 6) is -1.26. The molecule has 9 nitrogen and oxygen atoms in total. The van der Waals surface area contributed by atoms with Gasteiger partial charge in [-0.1, -0.05) is 36.4 Å². The summed E-state index contributed by atoms with van der Waals surface area (Å²) >= 11 is 6.81. The summed E-state index contributed by atoms with van der Waals surface area (Å²) in [4.78, 5) is 49.8. The zero-order valence-electron chi connectivity index (χ0n) is 18.1. The van der Waals surface area contributed by atoms with Crippen molar-refractivity contribution in [3.8, 4) is 0 Å². The highest BCUT2D eigenvalue weighted by molar-refractivity contribution is 6.24. The Morgan fingerprint density at radius 1 is 1.00 bits per heavy atom. The minimum absolute atomic E-state index is 0.291. The van der Waals surface area contributed by atoms with Gasteiger partial charge in [-0.25, -0.2) is 14.4 Å². The lowest BCUT2D eigenvalue weighted by molar-refractivity contribution is -0.0585. The Bertz CT molecular complexity index is 1290. The summed E-state index contributed by atoms with van der Waals surface area (Å²) in [6, 6.07) is 17.8. The molecule has 0 saturated carbocycles. The van der Waals surface area contributed by atoms with E-state index in [1.165, 1.54) is 6.20 Å². The average Bonchev–Trinajstić information content (AvgIpc) is 3.08. The monoisotopic (exact) mass is 484 g/mol. The van der Waals surface area contributed by atoms with E-state index in [9.17, 15) is 19.2 Å². The lowest BCUT2D eigenvalue weighted by atomic mass is 10.0. The third-order valence-electron chi connectivity index (χ3n) is 5.42. The Kier molecular flexibility index (Phi) is 6.67. The highest BCUT2D eigenvalue weighted by Gasteiger charge is 2.56. The molecular formula is C24H21ClN2O7. The van der Waals surface area contributed by atoms with Crippen LogP contribution in [-0.2, 0) is 14.2 Å². The quantitative estimate of drug-likeness (QED) is 0.422. The molecule has 1 saturated heterocycles. The van der Waals surface area contributed by atoms with E-state index >= 15 is 0 Å². The van der Waals surface area contributed by atoms with Gasteiger partial charge in [-0.15, -0.1) is 11.6 Å². The first-order chi connectivity index (χ1) is 16.3. The highest BCUT2D eigenvalue weighted by atomic mass is 35.5. The number of esters is 2. The zero-order valence-corrected chi connectivity index (χ0v) is 18.8. The number of rotatable bonds is 6. The van der Waals surface area contributed by atoms with Crippen LogP contribution in [0.3, 0.4) is 0 Å². The number of benzene rings is 2. The van der Waals surface area contributed by atoms with Crippen molar-refractivity contribution < 1.29 is 23.8 Å². The Morgan fingerprint density at radius 2 is 1.59 bits per heavy atom. The van der Waals surface area contributed by atoms with Gasteiger partial charge in [0.15, 0.2) is 12.3 Å². The second-order valence-electron chi connectivity index (χ2n) is 7.85. The van der Waals surface area contributed by atoms with Crippen molar-refractivity contribution in [1.82, 2.24) is 9.55 Å². The Labute approximate surface area is 198 Å². The predicted molar refractivity (Wildman–Crippen MR) is 122 cm³/mol. The Morgan fingerprint density at radius 3 is 2.18 bits per heavy atom. The molecule has 4 rings (SSSR count). The third-order valence-corrected chi connectivity index (χ3v) is 5.82. The first-order valence-corrected chi connectivity index (χ1v) is 10.8. The van der Waals surface area contributed by atoms with Crippen LogP contribution in [0.5, 0.6) is 0 Å². The summed E-state index contributed by atoms with van der Waals surface area (Å²) < 4.78 is 18.2. The van der Waals surface area contributed by atoms with Crippen molar-refractivity contribution in [2.45, 2.75) is 30.2 Å². The molecule has 1 aromatic heterocycles. The van der Waals surface area contributed by atoms with Gasteiger partial charge in [0, 0.05) is 12.3 Å². The maximum absolute atomic E-state index is 12.8. The molecule has 0 aliphatic carbocycles. The summed E-state index contributed by atoms with van der Waals surface area (Å²) in [6.45, 7) is 1.25. The minimum atomic E-state index is -1.45. The van der Waals surface area contributed by atoms with Gasteiger partial charge in [0.1, 0.15) is 17.6 Å². The molecule has 1 aliphatic rings. The number of hydrogen-bond acceptors (Lipinski definition) is 7. The smallest absolute Gasteiger partial charge is 0.338 e. The lowest BCUT2D eigenvalue weighted by Gasteiger charge is -2.29. The van der Waals surface area contributed by atoms with Gasteiger partial charge < -0.3 is 14.2 Å². The third kappa shape index (κ3) is 4.80. The van der Waals surface area contributed by atoms with Gasteiger partial charge in [0.2, 0.25) is 0 Å². The molecule has 1 fully saturated rings. The topological polar surface area (TPSA) is 117 Å². The number of nitrogens with zero attached hydrogens (tertiary/aromatic N) is 1. The van der Waals surface area contributed by atoms with E-state index in [0.29, 0.717) is 11.1 Å². The molecule has 0 spiro atoms. The van der Waals surface area contributed by atoms with E-state index in [1.54, 1.807) is 67.6 Å². The number of nitrogens with one attached hydrogen (secondary N) is 1. The number of aromatic nitrogens is 2. The molecular weight excluding hydrogens is 464 g/mol. The van der Waals surface area contributed by atoms with E-state index in [2.05, 4.69) is 4.98 Å². The van der Waals surface area contributed by atoms with Crippen LogP contribution < -0.4 is 11.2 Å². The molecule has 176 valence electrons. The number of carbonyl (C=O) groups excluding carboxylic acids is 2. The molecule has 10 heteroatoms. The molecule has 0 bridgehead atoms. The standard InChI is InChI=1S/C24H21ClN2O7/c1-24(25)19(34-21(30)16-10-6-3-7-11-16)17(14-32-20(29)15-8-4-2-5-9-15)33-22(24)27-13-12-18(28)26-23(27)31/h2-13,17,19,22H,14H2,1H3,(H,26,28,31)/t17?,19-,22?,24?/m0/s1. The molecule has 0 amide bonds. The number of carbonyl (C=O) groups is 2. The van der Waals surface area contributed by atoms with Gasteiger partial charge in [-0.3, -0.25) is 14.3 Å². The molecule has 3 aromatic rings. The van der Waals surface area contributed by atoms with Crippen LogP contribution >= 0.6 is 11.6 Å². The number of H-pyrrole nitrogens is 1. The van der Waals surface area contributed by atoms with E-state index in [1.807, 2.05) is 0 Å². The number of aromatic amines is 1. The first-order valence-electron chi connectivity index (χ1n) is 10.4. The first kappa shape index (κ1) is 23.5.